The molecule has 5 heteroatoms. The Labute approximate surface area is 184 Å². The van der Waals surface area contributed by atoms with Crippen LogP contribution in [0, 0.1) is 13.8 Å². The van der Waals surface area contributed by atoms with E-state index in [1.807, 2.05) is 38.1 Å². The molecule has 0 aromatic heterocycles. The van der Waals surface area contributed by atoms with Gasteiger partial charge in [-0.1, -0.05) is 24.3 Å². The lowest BCUT2D eigenvalue weighted by Gasteiger charge is -2.45. The molecule has 2 aliphatic rings. The summed E-state index contributed by atoms with van der Waals surface area (Å²) >= 11 is 0. The first-order valence-electron chi connectivity index (χ1n) is 11.2. The van der Waals surface area contributed by atoms with Gasteiger partial charge in [-0.05, 0) is 49.6 Å². The zero-order valence-corrected chi connectivity index (χ0v) is 18.7. The van der Waals surface area contributed by atoms with E-state index in [1.165, 1.54) is 5.57 Å². The number of piperidine rings is 1. The van der Waals surface area contributed by atoms with Crippen molar-refractivity contribution in [3.63, 3.8) is 0 Å². The van der Waals surface area contributed by atoms with E-state index in [0.717, 1.165) is 66.9 Å². The number of fused-ring (bicyclic) bond motifs is 1. The Morgan fingerprint density at radius 1 is 1.19 bits per heavy atom. The smallest absolute Gasteiger partial charge is 0.251 e. The van der Waals surface area contributed by atoms with Crippen LogP contribution < -0.4 is 10.1 Å². The molecule has 0 bridgehead atoms. The molecule has 1 amide bonds. The number of phenolic OH excluding ortho intramolecular Hbond substituents is 1. The number of amides is 1. The number of nitrogens with zero attached hydrogens (tertiary/aromatic N) is 1. The Kier molecular flexibility index (Phi) is 6.05. The molecule has 2 heterocycles. The highest BCUT2D eigenvalue weighted by Crippen LogP contribution is 2.45. The molecule has 0 atom stereocenters. The van der Waals surface area contributed by atoms with Gasteiger partial charge in [0.1, 0.15) is 17.1 Å². The van der Waals surface area contributed by atoms with E-state index in [4.69, 9.17) is 4.74 Å². The Hall–Kier alpha value is -2.79. The zero-order valence-electron chi connectivity index (χ0n) is 18.7. The van der Waals surface area contributed by atoms with Crippen molar-refractivity contribution in [2.24, 2.45) is 0 Å². The third-order valence-electron chi connectivity index (χ3n) is 6.69. The lowest BCUT2D eigenvalue weighted by Crippen LogP contribution is -2.50. The number of allylic oxidation sites excluding steroid dienone is 1. The van der Waals surface area contributed by atoms with Crippen LogP contribution in [0.3, 0.4) is 0 Å². The summed E-state index contributed by atoms with van der Waals surface area (Å²) in [6.45, 7) is 9.37. The van der Waals surface area contributed by atoms with Crippen molar-refractivity contribution in [3.05, 3.63) is 64.7 Å². The molecule has 0 saturated carbocycles. The van der Waals surface area contributed by atoms with Gasteiger partial charge in [0.2, 0.25) is 0 Å². The molecule has 1 spiro atoms. The number of nitrogens with one attached hydrogen (secondary N) is 1. The number of carbonyl (C=O) groups is 1. The Morgan fingerprint density at radius 3 is 2.58 bits per heavy atom. The van der Waals surface area contributed by atoms with Crippen molar-refractivity contribution < 1.29 is 14.6 Å². The highest BCUT2D eigenvalue weighted by molar-refractivity contribution is 5.97. The summed E-state index contributed by atoms with van der Waals surface area (Å²) in [7, 11) is 0. The number of carbonyl (C=O) groups excluding carboxylic acids is 1. The standard InChI is InChI=1S/C26H32N2O3/c1-4-20-17-26(31-23-16-21(29)8-9-22(20)23)10-13-28(14-11-26)15-12-27-25(30)24-18(2)6-5-7-19(24)3/h4-9,16,29H,10-15,17H2,1-3H3,(H,27,30)/b20-4+. The van der Waals surface area contributed by atoms with Gasteiger partial charge in [0, 0.05) is 62.6 Å². The van der Waals surface area contributed by atoms with E-state index >= 15 is 0 Å². The number of ether oxygens (including phenoxy) is 1. The Morgan fingerprint density at radius 2 is 1.90 bits per heavy atom. The molecule has 4 rings (SSSR count). The summed E-state index contributed by atoms with van der Waals surface area (Å²) in [5.74, 6) is 1.03. The monoisotopic (exact) mass is 420 g/mol. The van der Waals surface area contributed by atoms with Gasteiger partial charge in [0.25, 0.3) is 5.91 Å². The van der Waals surface area contributed by atoms with Crippen LogP contribution in [0.4, 0.5) is 0 Å². The number of aromatic hydroxyl groups is 1. The van der Waals surface area contributed by atoms with Crippen LogP contribution in [0.5, 0.6) is 11.5 Å². The lowest BCUT2D eigenvalue weighted by atomic mass is 9.80. The molecule has 0 unspecified atom stereocenters. The average molecular weight is 421 g/mol. The van der Waals surface area contributed by atoms with Gasteiger partial charge < -0.3 is 20.1 Å². The molecule has 31 heavy (non-hydrogen) atoms. The first kappa shape index (κ1) is 21.4. The van der Waals surface area contributed by atoms with Crippen molar-refractivity contribution in [2.75, 3.05) is 26.2 Å². The van der Waals surface area contributed by atoms with Crippen LogP contribution in [-0.4, -0.2) is 47.7 Å². The van der Waals surface area contributed by atoms with Crippen molar-refractivity contribution in [1.29, 1.82) is 0 Å². The van der Waals surface area contributed by atoms with Gasteiger partial charge in [-0.3, -0.25) is 4.79 Å². The summed E-state index contributed by atoms with van der Waals surface area (Å²) in [6, 6.07) is 11.3. The van der Waals surface area contributed by atoms with E-state index in [9.17, 15) is 9.90 Å². The number of phenols is 1. The number of likely N-dealkylation sites (tertiary alicyclic amines) is 1. The van der Waals surface area contributed by atoms with Crippen molar-refractivity contribution in [3.8, 4) is 11.5 Å². The summed E-state index contributed by atoms with van der Waals surface area (Å²) in [4.78, 5) is 15.0. The number of aryl methyl sites for hydroxylation is 2. The largest absolute Gasteiger partial charge is 0.508 e. The molecular formula is C26H32N2O3. The SMILES string of the molecule is C/C=C1\CC2(CCN(CCNC(=O)c3c(C)cccc3C)CC2)Oc2cc(O)ccc21. The van der Waals surface area contributed by atoms with Crippen LogP contribution in [-0.2, 0) is 0 Å². The quantitative estimate of drug-likeness (QED) is 0.767. The average Bonchev–Trinajstić information content (AvgIpc) is 2.74. The Bertz CT molecular complexity index is 983. The fourth-order valence-electron chi connectivity index (χ4n) is 4.88. The fraction of sp³-hybridized carbons (Fsp3) is 0.423. The molecule has 1 fully saturated rings. The molecule has 2 aromatic carbocycles. The topological polar surface area (TPSA) is 61.8 Å². The van der Waals surface area contributed by atoms with E-state index in [-0.39, 0.29) is 17.3 Å². The number of rotatable bonds is 4. The molecule has 5 nitrogen and oxygen atoms in total. The highest BCUT2D eigenvalue weighted by atomic mass is 16.5. The van der Waals surface area contributed by atoms with E-state index in [2.05, 4.69) is 23.2 Å². The van der Waals surface area contributed by atoms with Crippen molar-refractivity contribution in [1.82, 2.24) is 10.2 Å². The third kappa shape index (κ3) is 4.47. The number of hydrogen-bond acceptors (Lipinski definition) is 4. The van der Waals surface area contributed by atoms with Crippen molar-refractivity contribution >= 4 is 11.5 Å². The predicted molar refractivity (Wildman–Crippen MR) is 124 cm³/mol. The van der Waals surface area contributed by atoms with E-state index in [1.54, 1.807) is 12.1 Å². The minimum atomic E-state index is -0.208. The van der Waals surface area contributed by atoms with Gasteiger partial charge in [0.15, 0.2) is 0 Å². The van der Waals surface area contributed by atoms with Crippen LogP contribution in [0.1, 0.15) is 53.2 Å². The number of benzene rings is 2. The van der Waals surface area contributed by atoms with Gasteiger partial charge in [0.05, 0.1) is 0 Å². The summed E-state index contributed by atoms with van der Waals surface area (Å²) in [6.07, 6.45) is 4.93. The minimum absolute atomic E-state index is 0.00818. The first-order chi connectivity index (χ1) is 14.9. The molecule has 2 N–H and O–H groups in total. The third-order valence-corrected chi connectivity index (χ3v) is 6.69. The zero-order chi connectivity index (χ0) is 22.0. The normalized spacial score (nSPS) is 19.1. The first-order valence-corrected chi connectivity index (χ1v) is 11.2. The minimum Gasteiger partial charge on any atom is -0.508 e. The fourth-order valence-corrected chi connectivity index (χ4v) is 4.88. The van der Waals surface area contributed by atoms with Gasteiger partial charge in [-0.15, -0.1) is 0 Å². The second-order valence-electron chi connectivity index (χ2n) is 8.82. The van der Waals surface area contributed by atoms with Crippen LogP contribution >= 0.6 is 0 Å². The van der Waals surface area contributed by atoms with Crippen LogP contribution in [0.25, 0.3) is 5.57 Å². The van der Waals surface area contributed by atoms with Gasteiger partial charge in [-0.2, -0.15) is 0 Å². The molecule has 2 aromatic rings. The summed E-state index contributed by atoms with van der Waals surface area (Å²) in [5.41, 5.74) is 4.98. The molecule has 164 valence electrons. The lowest BCUT2D eigenvalue weighted by molar-refractivity contribution is 0.000903. The maximum absolute atomic E-state index is 12.6. The molecule has 2 aliphatic heterocycles. The molecule has 0 radical (unpaired) electrons. The van der Waals surface area contributed by atoms with Gasteiger partial charge >= 0.3 is 0 Å². The maximum Gasteiger partial charge on any atom is 0.251 e. The summed E-state index contributed by atoms with van der Waals surface area (Å²) in [5, 5.41) is 13.0. The molecular weight excluding hydrogens is 388 g/mol. The predicted octanol–water partition coefficient (Wildman–Crippen LogP) is 4.46. The second-order valence-corrected chi connectivity index (χ2v) is 8.82. The highest BCUT2D eigenvalue weighted by Gasteiger charge is 2.41. The molecule has 1 saturated heterocycles. The van der Waals surface area contributed by atoms with Crippen LogP contribution in [0.2, 0.25) is 0 Å². The van der Waals surface area contributed by atoms with E-state index in [0.29, 0.717) is 6.54 Å². The van der Waals surface area contributed by atoms with Crippen molar-refractivity contribution in [2.45, 2.75) is 45.6 Å². The second kappa shape index (κ2) is 8.75. The molecule has 0 aliphatic carbocycles. The number of hydrogen-bond donors (Lipinski definition) is 2. The van der Waals surface area contributed by atoms with E-state index < -0.39 is 0 Å². The van der Waals surface area contributed by atoms with Gasteiger partial charge in [-0.25, -0.2) is 0 Å². The maximum atomic E-state index is 12.6. The van der Waals surface area contributed by atoms with Crippen LogP contribution in [0.15, 0.2) is 42.5 Å². The Balaban J connectivity index is 1.32. The summed E-state index contributed by atoms with van der Waals surface area (Å²) < 4.78 is 6.45.